The Labute approximate surface area is 205 Å². The maximum Gasteiger partial charge on any atom is 0.195 e. The molecule has 168 valence electrons. The van der Waals surface area contributed by atoms with Gasteiger partial charge in [0.15, 0.2) is 10.9 Å². The molecule has 34 heavy (non-hydrogen) atoms. The molecule has 6 rings (SSSR count). The summed E-state index contributed by atoms with van der Waals surface area (Å²) in [5, 5.41) is 3.37. The number of rotatable bonds is 2. The largest absolute Gasteiger partial charge is 0.289 e. The van der Waals surface area contributed by atoms with E-state index in [4.69, 9.17) is 0 Å². The lowest BCUT2D eigenvalue weighted by Gasteiger charge is -2.02. The molecule has 2 aromatic heterocycles. The fraction of sp³-hybridized carbons (Fsp3) is 0.133. The quantitative estimate of drug-likeness (QED) is 0.236. The monoisotopic (exact) mass is 480 g/mol. The molecule has 0 N–H and O–H groups in total. The van der Waals surface area contributed by atoms with E-state index in [0.29, 0.717) is 0 Å². The van der Waals surface area contributed by atoms with Crippen LogP contribution in [-0.2, 0) is 12.8 Å². The van der Waals surface area contributed by atoms with E-state index in [0.717, 1.165) is 53.2 Å². The molecule has 0 unspecified atom stereocenters. The van der Waals surface area contributed by atoms with E-state index < -0.39 is 0 Å². The molecule has 0 radical (unpaired) electrons. The van der Waals surface area contributed by atoms with Crippen LogP contribution in [0, 0.1) is 0 Å². The zero-order valence-electron chi connectivity index (χ0n) is 19.1. The van der Waals surface area contributed by atoms with Gasteiger partial charge in [-0.2, -0.15) is 0 Å². The van der Waals surface area contributed by atoms with Crippen molar-refractivity contribution in [3.63, 3.8) is 0 Å². The third-order valence-electron chi connectivity index (χ3n) is 6.10. The summed E-state index contributed by atoms with van der Waals surface area (Å²) in [6, 6.07) is 28.0. The molecule has 2 heterocycles. The summed E-state index contributed by atoms with van der Waals surface area (Å²) in [6.45, 7) is 4.21. The lowest BCUT2D eigenvalue weighted by atomic mass is 10.1. The number of hydrogen-bond donors (Lipinski definition) is 0. The van der Waals surface area contributed by atoms with Gasteiger partial charge in [0.2, 0.25) is 0 Å². The zero-order chi connectivity index (χ0) is 23.7. The highest BCUT2D eigenvalue weighted by atomic mass is 32.1. The highest BCUT2D eigenvalue weighted by molar-refractivity contribution is 7.24. The first kappa shape index (κ1) is 22.5. The van der Waals surface area contributed by atoms with Crippen molar-refractivity contribution in [2.75, 3.05) is 0 Å². The van der Waals surface area contributed by atoms with Crippen molar-refractivity contribution >= 4 is 63.0 Å². The summed E-state index contributed by atoms with van der Waals surface area (Å²) in [5.41, 5.74) is 2.75. The topological polar surface area (TPSA) is 34.1 Å². The maximum absolute atomic E-state index is 12.4. The van der Waals surface area contributed by atoms with Gasteiger partial charge in [-0.15, -0.1) is 22.7 Å². The van der Waals surface area contributed by atoms with Gasteiger partial charge in [-0.1, -0.05) is 50.2 Å². The Balaban J connectivity index is 0.000000142. The van der Waals surface area contributed by atoms with Gasteiger partial charge in [0, 0.05) is 40.3 Å². The van der Waals surface area contributed by atoms with Gasteiger partial charge in [0.25, 0.3) is 0 Å². The number of benzene rings is 4. The van der Waals surface area contributed by atoms with Crippen LogP contribution in [0.2, 0.25) is 0 Å². The van der Waals surface area contributed by atoms with E-state index in [-0.39, 0.29) is 10.9 Å². The maximum atomic E-state index is 12.4. The lowest BCUT2D eigenvalue weighted by molar-refractivity contribution is 1.15. The summed E-state index contributed by atoms with van der Waals surface area (Å²) in [5.74, 6) is 0. The number of hydrogen-bond acceptors (Lipinski definition) is 4. The van der Waals surface area contributed by atoms with Crippen molar-refractivity contribution in [2.45, 2.75) is 26.7 Å². The third kappa shape index (κ3) is 4.15. The Hall–Kier alpha value is -3.34. The summed E-state index contributed by atoms with van der Waals surface area (Å²) < 4.78 is 4.28. The molecule has 0 amide bonds. The van der Waals surface area contributed by atoms with Gasteiger partial charge in [-0.25, -0.2) is 0 Å². The molecule has 0 atom stereocenters. The van der Waals surface area contributed by atoms with Crippen LogP contribution in [0.1, 0.15) is 25.0 Å². The third-order valence-corrected chi connectivity index (χ3v) is 8.40. The van der Waals surface area contributed by atoms with Crippen molar-refractivity contribution < 1.29 is 0 Å². The predicted octanol–water partition coefficient (Wildman–Crippen LogP) is 7.95. The fourth-order valence-electron chi connectivity index (χ4n) is 4.14. The van der Waals surface area contributed by atoms with E-state index in [9.17, 15) is 9.59 Å². The van der Waals surface area contributed by atoms with Crippen LogP contribution in [0.3, 0.4) is 0 Å². The first-order valence-corrected chi connectivity index (χ1v) is 13.1. The first-order chi connectivity index (χ1) is 16.6. The molecule has 4 aromatic carbocycles. The smallest absolute Gasteiger partial charge is 0.195 e. The summed E-state index contributed by atoms with van der Waals surface area (Å²) in [7, 11) is 0. The Bertz CT molecular complexity index is 1640. The Kier molecular flexibility index (Phi) is 6.27. The van der Waals surface area contributed by atoms with Crippen LogP contribution >= 0.6 is 22.7 Å². The van der Waals surface area contributed by atoms with Crippen molar-refractivity contribution in [1.29, 1.82) is 0 Å². The predicted molar refractivity (Wildman–Crippen MR) is 150 cm³/mol. The van der Waals surface area contributed by atoms with E-state index in [1.807, 2.05) is 60.7 Å². The van der Waals surface area contributed by atoms with Gasteiger partial charge in [0.05, 0.1) is 0 Å². The van der Waals surface area contributed by atoms with Crippen LogP contribution in [-0.4, -0.2) is 0 Å². The standard InChI is InChI=1S/2C15H12OS/c2*1-2-10-7-8-14-12(9-10)15(16)11-5-3-4-6-13(11)17-14/h2*3-9H,2H2,1H3. The van der Waals surface area contributed by atoms with Crippen LogP contribution < -0.4 is 10.9 Å². The van der Waals surface area contributed by atoms with Gasteiger partial charge in [-0.3, -0.25) is 9.59 Å². The van der Waals surface area contributed by atoms with Crippen LogP contribution in [0.4, 0.5) is 0 Å². The Morgan fingerprint density at radius 2 is 0.882 bits per heavy atom. The molecule has 0 spiro atoms. The molecule has 0 aliphatic carbocycles. The lowest BCUT2D eigenvalue weighted by Crippen LogP contribution is -2.01. The molecule has 0 saturated carbocycles. The van der Waals surface area contributed by atoms with Crippen molar-refractivity contribution in [3.8, 4) is 0 Å². The summed E-state index contributed by atoms with van der Waals surface area (Å²) in [4.78, 5) is 24.7. The highest BCUT2D eigenvalue weighted by Crippen LogP contribution is 2.26. The van der Waals surface area contributed by atoms with Gasteiger partial charge in [0.1, 0.15) is 0 Å². The van der Waals surface area contributed by atoms with E-state index in [1.165, 1.54) is 11.1 Å². The van der Waals surface area contributed by atoms with E-state index in [2.05, 4.69) is 38.1 Å². The zero-order valence-corrected chi connectivity index (χ0v) is 20.8. The average Bonchev–Trinajstić information content (AvgIpc) is 2.89. The number of fused-ring (bicyclic) bond motifs is 4. The minimum Gasteiger partial charge on any atom is -0.289 e. The van der Waals surface area contributed by atoms with Crippen LogP contribution in [0.15, 0.2) is 94.5 Å². The van der Waals surface area contributed by atoms with E-state index >= 15 is 0 Å². The highest BCUT2D eigenvalue weighted by Gasteiger charge is 2.06. The molecule has 2 nitrogen and oxygen atoms in total. The molecular formula is C30H24O2S2. The SMILES string of the molecule is CCc1ccc2sc3ccccc3c(=O)c2c1.CCc1ccc2sc3ccccc3c(=O)c2c1. The normalized spacial score (nSPS) is 11.1. The van der Waals surface area contributed by atoms with Crippen molar-refractivity contribution in [3.05, 3.63) is 117 Å². The van der Waals surface area contributed by atoms with Crippen LogP contribution in [0.5, 0.6) is 0 Å². The van der Waals surface area contributed by atoms with Crippen LogP contribution in [0.25, 0.3) is 40.3 Å². The molecule has 0 saturated heterocycles. The molecule has 0 bridgehead atoms. The minimum atomic E-state index is 0.157. The Morgan fingerprint density at radius 1 is 0.500 bits per heavy atom. The number of aryl methyl sites for hydroxylation is 2. The summed E-state index contributed by atoms with van der Waals surface area (Å²) >= 11 is 3.37. The summed E-state index contributed by atoms with van der Waals surface area (Å²) in [6.07, 6.45) is 1.93. The first-order valence-electron chi connectivity index (χ1n) is 11.5. The minimum absolute atomic E-state index is 0.157. The van der Waals surface area contributed by atoms with Gasteiger partial charge >= 0.3 is 0 Å². The molecule has 4 heteroatoms. The molecule has 0 fully saturated rings. The van der Waals surface area contributed by atoms with Crippen molar-refractivity contribution in [1.82, 2.24) is 0 Å². The second-order valence-corrected chi connectivity index (χ2v) is 10.4. The molecule has 0 aliphatic heterocycles. The molecule has 6 aromatic rings. The fourth-order valence-corrected chi connectivity index (χ4v) is 6.24. The second-order valence-electron chi connectivity index (χ2n) is 8.22. The van der Waals surface area contributed by atoms with Gasteiger partial charge < -0.3 is 0 Å². The molecule has 0 aliphatic rings. The van der Waals surface area contributed by atoms with Crippen molar-refractivity contribution in [2.24, 2.45) is 0 Å². The average molecular weight is 481 g/mol. The van der Waals surface area contributed by atoms with Gasteiger partial charge in [-0.05, 0) is 72.5 Å². The van der Waals surface area contributed by atoms with E-state index in [1.54, 1.807) is 22.7 Å². The molecular weight excluding hydrogens is 456 g/mol. The second kappa shape index (κ2) is 9.49. The Morgan fingerprint density at radius 3 is 1.29 bits per heavy atom.